The van der Waals surface area contributed by atoms with Crippen LogP contribution in [0.3, 0.4) is 0 Å². The van der Waals surface area contributed by atoms with Gasteiger partial charge in [-0.15, -0.1) is 0 Å². The minimum Gasteiger partial charge on any atom is -0.381 e. The van der Waals surface area contributed by atoms with E-state index in [1.165, 1.54) is 13.0 Å². The summed E-state index contributed by atoms with van der Waals surface area (Å²) in [6.45, 7) is 12.8. The maximum Gasteiger partial charge on any atom is 0.0744 e. The van der Waals surface area contributed by atoms with Gasteiger partial charge in [0.25, 0.3) is 0 Å². The van der Waals surface area contributed by atoms with E-state index in [-0.39, 0.29) is 5.41 Å². The molecule has 2 heterocycles. The maximum absolute atomic E-state index is 9.53. The zero-order valence-corrected chi connectivity index (χ0v) is 13.1. The molecule has 2 fully saturated rings. The van der Waals surface area contributed by atoms with Gasteiger partial charge in [0, 0.05) is 45.9 Å². The Morgan fingerprint density at radius 3 is 2.25 bits per heavy atom. The predicted octanol–water partition coefficient (Wildman–Crippen LogP) is 1.97. The number of nitrogens with zero attached hydrogens (tertiary/aromatic N) is 3. The van der Waals surface area contributed by atoms with Crippen molar-refractivity contribution in [1.29, 1.82) is 5.26 Å². The molecule has 2 aliphatic rings. The number of nitriles is 1. The van der Waals surface area contributed by atoms with Crippen molar-refractivity contribution in [2.45, 2.75) is 33.1 Å². The molecule has 0 saturated carbocycles. The van der Waals surface area contributed by atoms with Crippen LogP contribution >= 0.6 is 0 Å². The van der Waals surface area contributed by atoms with Crippen molar-refractivity contribution < 1.29 is 4.74 Å². The van der Waals surface area contributed by atoms with Crippen LogP contribution in [-0.2, 0) is 4.74 Å². The summed E-state index contributed by atoms with van der Waals surface area (Å²) in [7, 11) is 0. The molecule has 0 N–H and O–H groups in total. The molecule has 0 aromatic heterocycles. The topological polar surface area (TPSA) is 39.5 Å². The normalized spacial score (nSPS) is 24.7. The lowest BCUT2D eigenvalue weighted by Gasteiger charge is -2.40. The van der Waals surface area contributed by atoms with Gasteiger partial charge in [0.15, 0.2) is 0 Å². The molecule has 0 amide bonds. The van der Waals surface area contributed by atoms with Crippen molar-refractivity contribution in [1.82, 2.24) is 9.80 Å². The summed E-state index contributed by atoms with van der Waals surface area (Å²) < 4.78 is 5.41. The molecular formula is C16H29N3O. The first kappa shape index (κ1) is 15.8. The van der Waals surface area contributed by atoms with E-state index in [2.05, 4.69) is 29.7 Å². The number of rotatable bonds is 5. The van der Waals surface area contributed by atoms with E-state index in [4.69, 9.17) is 4.74 Å². The highest BCUT2D eigenvalue weighted by Gasteiger charge is 2.35. The van der Waals surface area contributed by atoms with Crippen molar-refractivity contribution in [2.24, 2.45) is 11.3 Å². The molecule has 2 saturated heterocycles. The fourth-order valence-corrected chi connectivity index (χ4v) is 3.11. The van der Waals surface area contributed by atoms with Crippen LogP contribution in [0.4, 0.5) is 0 Å². The Balaban J connectivity index is 1.75. The summed E-state index contributed by atoms with van der Waals surface area (Å²) in [6, 6.07) is 2.58. The Bertz CT molecular complexity index is 323. The Hall–Kier alpha value is -0.630. The summed E-state index contributed by atoms with van der Waals surface area (Å²) in [6.07, 6.45) is 3.09. The van der Waals surface area contributed by atoms with Gasteiger partial charge in [-0.25, -0.2) is 0 Å². The molecule has 20 heavy (non-hydrogen) atoms. The molecule has 2 rings (SSSR count). The maximum atomic E-state index is 9.53. The number of hydrogen-bond donors (Lipinski definition) is 0. The molecule has 4 nitrogen and oxygen atoms in total. The molecule has 2 aliphatic heterocycles. The van der Waals surface area contributed by atoms with Crippen molar-refractivity contribution in [3.8, 4) is 6.07 Å². The highest BCUT2D eigenvalue weighted by atomic mass is 16.5. The van der Waals surface area contributed by atoms with E-state index in [0.29, 0.717) is 0 Å². The van der Waals surface area contributed by atoms with E-state index >= 15 is 0 Å². The molecule has 0 radical (unpaired) electrons. The summed E-state index contributed by atoms with van der Waals surface area (Å²) in [5.41, 5.74) is -0.154. The Kier molecular flexibility index (Phi) is 5.83. The van der Waals surface area contributed by atoms with Gasteiger partial charge >= 0.3 is 0 Å². The molecule has 0 atom stereocenters. The summed E-state index contributed by atoms with van der Waals surface area (Å²) in [5.74, 6) is 0.789. The van der Waals surface area contributed by atoms with Gasteiger partial charge in [-0.3, -0.25) is 4.90 Å². The van der Waals surface area contributed by atoms with Gasteiger partial charge in [-0.2, -0.15) is 5.26 Å². The summed E-state index contributed by atoms with van der Waals surface area (Å²) in [5, 5.41) is 9.53. The monoisotopic (exact) mass is 279 g/mol. The first-order valence-electron chi connectivity index (χ1n) is 8.07. The van der Waals surface area contributed by atoms with E-state index < -0.39 is 0 Å². The van der Waals surface area contributed by atoms with E-state index in [1.807, 2.05) is 0 Å². The minimum atomic E-state index is -0.154. The van der Waals surface area contributed by atoms with E-state index in [1.54, 1.807) is 0 Å². The van der Waals surface area contributed by atoms with Crippen molar-refractivity contribution in [3.05, 3.63) is 0 Å². The van der Waals surface area contributed by atoms with Crippen LogP contribution in [0.5, 0.6) is 0 Å². The summed E-state index contributed by atoms with van der Waals surface area (Å²) in [4.78, 5) is 5.06. The third-order valence-electron chi connectivity index (χ3n) is 4.70. The Labute approximate surface area is 123 Å². The van der Waals surface area contributed by atoms with Gasteiger partial charge in [0.1, 0.15) is 0 Å². The van der Waals surface area contributed by atoms with Crippen LogP contribution in [0.15, 0.2) is 0 Å². The van der Waals surface area contributed by atoms with Crippen molar-refractivity contribution in [2.75, 3.05) is 52.5 Å². The fourth-order valence-electron chi connectivity index (χ4n) is 3.11. The molecule has 4 heteroatoms. The molecule has 0 aromatic rings. The van der Waals surface area contributed by atoms with Gasteiger partial charge in [-0.1, -0.05) is 13.8 Å². The molecule has 0 aromatic carbocycles. The lowest BCUT2D eigenvalue weighted by atomic mass is 9.81. The van der Waals surface area contributed by atoms with Crippen LogP contribution in [0.1, 0.15) is 33.1 Å². The Morgan fingerprint density at radius 1 is 1.10 bits per heavy atom. The lowest BCUT2D eigenvalue weighted by Crippen LogP contribution is -2.50. The van der Waals surface area contributed by atoms with E-state index in [0.717, 1.165) is 64.7 Å². The summed E-state index contributed by atoms with van der Waals surface area (Å²) >= 11 is 0. The second kappa shape index (κ2) is 7.40. The minimum absolute atomic E-state index is 0.154. The lowest BCUT2D eigenvalue weighted by molar-refractivity contribution is 0.0136. The van der Waals surface area contributed by atoms with Crippen LogP contribution in [0, 0.1) is 22.7 Å². The average molecular weight is 279 g/mol. The van der Waals surface area contributed by atoms with E-state index in [9.17, 15) is 5.26 Å². The number of piperazine rings is 1. The standard InChI is InChI=1S/C16H29N3O/c1-15(2)3-6-18-7-9-19(10-8-18)14-16(13-17)4-11-20-12-5-16/h15H,3-12,14H2,1-2H3. The predicted molar refractivity (Wildman–Crippen MR) is 80.4 cm³/mol. The highest BCUT2D eigenvalue weighted by molar-refractivity contribution is 5.02. The van der Waals surface area contributed by atoms with Gasteiger partial charge in [-0.05, 0) is 31.7 Å². The Morgan fingerprint density at radius 2 is 1.70 bits per heavy atom. The number of ether oxygens (including phenoxy) is 1. The average Bonchev–Trinajstić information content (AvgIpc) is 2.47. The molecule has 0 spiro atoms. The third kappa shape index (κ3) is 4.44. The van der Waals surface area contributed by atoms with Crippen molar-refractivity contribution >= 4 is 0 Å². The second-order valence-electron chi connectivity index (χ2n) is 6.80. The molecule has 0 bridgehead atoms. The largest absolute Gasteiger partial charge is 0.381 e. The fraction of sp³-hybridized carbons (Fsp3) is 0.938. The third-order valence-corrected chi connectivity index (χ3v) is 4.70. The molecule has 0 aliphatic carbocycles. The smallest absolute Gasteiger partial charge is 0.0744 e. The molecule has 0 unspecified atom stereocenters. The van der Waals surface area contributed by atoms with Crippen LogP contribution < -0.4 is 0 Å². The molecule has 114 valence electrons. The molecular weight excluding hydrogens is 250 g/mol. The highest BCUT2D eigenvalue weighted by Crippen LogP contribution is 2.31. The van der Waals surface area contributed by atoms with Gasteiger partial charge in [0.05, 0.1) is 11.5 Å². The number of hydrogen-bond acceptors (Lipinski definition) is 4. The first-order chi connectivity index (χ1) is 9.63. The second-order valence-corrected chi connectivity index (χ2v) is 6.80. The first-order valence-corrected chi connectivity index (χ1v) is 8.07. The van der Waals surface area contributed by atoms with Crippen molar-refractivity contribution in [3.63, 3.8) is 0 Å². The van der Waals surface area contributed by atoms with Crippen LogP contribution in [0.25, 0.3) is 0 Å². The van der Waals surface area contributed by atoms with Gasteiger partial charge < -0.3 is 9.64 Å². The zero-order chi connectivity index (χ0) is 14.4. The zero-order valence-electron chi connectivity index (χ0n) is 13.1. The van der Waals surface area contributed by atoms with Crippen LogP contribution in [0.2, 0.25) is 0 Å². The SMILES string of the molecule is CC(C)CCN1CCN(CC2(C#N)CCOCC2)CC1. The quantitative estimate of drug-likeness (QED) is 0.771. The van der Waals surface area contributed by atoms with Crippen LogP contribution in [-0.4, -0.2) is 62.3 Å². The van der Waals surface area contributed by atoms with Gasteiger partial charge in [0.2, 0.25) is 0 Å².